The summed E-state index contributed by atoms with van der Waals surface area (Å²) in [6.45, 7) is 9.90. The molecule has 0 aliphatic heterocycles. The van der Waals surface area contributed by atoms with Gasteiger partial charge in [-0.25, -0.2) is 8.42 Å². The van der Waals surface area contributed by atoms with Crippen LogP contribution in [0.25, 0.3) is 0 Å². The summed E-state index contributed by atoms with van der Waals surface area (Å²) in [5.74, 6) is -0.208. The highest BCUT2D eigenvalue weighted by molar-refractivity contribution is 7.89. The molecule has 0 heterocycles. The lowest BCUT2D eigenvalue weighted by Crippen LogP contribution is -2.30. The third-order valence-electron chi connectivity index (χ3n) is 5.21. The van der Waals surface area contributed by atoms with E-state index in [1.54, 1.807) is 54.6 Å². The van der Waals surface area contributed by atoms with Crippen molar-refractivity contribution in [3.8, 4) is 0 Å². The molecule has 0 aromatic heterocycles. The Labute approximate surface area is 190 Å². The number of amides is 1. The van der Waals surface area contributed by atoms with Crippen LogP contribution >= 0.6 is 0 Å². The fraction of sp³-hybridized carbons (Fsp3) is 0.192. The number of nitrogens with zero attached hydrogens (tertiary/aromatic N) is 1. The number of nitrogens with one attached hydrogen (secondary N) is 1. The summed E-state index contributed by atoms with van der Waals surface area (Å²) in [7, 11) is -3.67. The van der Waals surface area contributed by atoms with Crippen molar-refractivity contribution in [3.63, 3.8) is 0 Å². The number of carbonyl (C=O) groups excluding carboxylic acids is 1. The van der Waals surface area contributed by atoms with E-state index in [1.807, 2.05) is 39.0 Å². The molecule has 166 valence electrons. The van der Waals surface area contributed by atoms with Gasteiger partial charge in [0.1, 0.15) is 0 Å². The molecule has 1 amide bonds. The second-order valence-electron chi connectivity index (χ2n) is 7.87. The minimum atomic E-state index is -3.67. The highest BCUT2D eigenvalue weighted by atomic mass is 32.2. The van der Waals surface area contributed by atoms with E-state index in [0.717, 1.165) is 27.9 Å². The zero-order chi connectivity index (χ0) is 23.3. The van der Waals surface area contributed by atoms with Gasteiger partial charge in [0, 0.05) is 24.3 Å². The average Bonchev–Trinajstić information content (AvgIpc) is 2.76. The van der Waals surface area contributed by atoms with E-state index in [0.29, 0.717) is 5.56 Å². The molecule has 3 rings (SSSR count). The maximum Gasteiger partial charge on any atom is 0.255 e. The first-order chi connectivity index (χ1) is 15.2. The molecule has 0 unspecified atom stereocenters. The van der Waals surface area contributed by atoms with Crippen molar-refractivity contribution in [2.75, 3.05) is 11.9 Å². The van der Waals surface area contributed by atoms with Gasteiger partial charge in [-0.1, -0.05) is 48.0 Å². The van der Waals surface area contributed by atoms with Crippen LogP contribution in [-0.2, 0) is 16.6 Å². The number of carbonyl (C=O) groups is 1. The first-order valence-corrected chi connectivity index (χ1v) is 11.8. The topological polar surface area (TPSA) is 66.5 Å². The molecule has 32 heavy (non-hydrogen) atoms. The maximum atomic E-state index is 13.1. The van der Waals surface area contributed by atoms with Crippen molar-refractivity contribution in [2.45, 2.75) is 32.2 Å². The fourth-order valence-electron chi connectivity index (χ4n) is 3.28. The van der Waals surface area contributed by atoms with Crippen LogP contribution in [0.5, 0.6) is 0 Å². The van der Waals surface area contributed by atoms with E-state index in [2.05, 4.69) is 11.9 Å². The van der Waals surface area contributed by atoms with Crippen molar-refractivity contribution in [3.05, 3.63) is 107 Å². The molecule has 0 saturated heterocycles. The molecule has 6 heteroatoms. The minimum Gasteiger partial charge on any atom is -0.322 e. The summed E-state index contributed by atoms with van der Waals surface area (Å²) < 4.78 is 27.6. The molecule has 3 aromatic rings. The molecule has 1 N–H and O–H groups in total. The molecule has 0 fully saturated rings. The van der Waals surface area contributed by atoms with Gasteiger partial charge in [0.15, 0.2) is 0 Å². The zero-order valence-corrected chi connectivity index (χ0v) is 19.4. The Morgan fingerprint density at radius 3 is 2.19 bits per heavy atom. The summed E-state index contributed by atoms with van der Waals surface area (Å²) in [5, 5.41) is 2.94. The highest BCUT2D eigenvalue weighted by Crippen LogP contribution is 2.21. The predicted molar refractivity (Wildman–Crippen MR) is 129 cm³/mol. The number of rotatable bonds is 8. The summed E-state index contributed by atoms with van der Waals surface area (Å²) in [6.07, 6.45) is 1.57. The van der Waals surface area contributed by atoms with Gasteiger partial charge in [-0.3, -0.25) is 4.79 Å². The Morgan fingerprint density at radius 1 is 0.938 bits per heavy atom. The second kappa shape index (κ2) is 9.94. The Hall–Kier alpha value is -3.22. The van der Waals surface area contributed by atoms with E-state index in [4.69, 9.17) is 0 Å². The van der Waals surface area contributed by atoms with Crippen molar-refractivity contribution in [2.24, 2.45) is 0 Å². The van der Waals surface area contributed by atoms with Crippen molar-refractivity contribution in [1.82, 2.24) is 4.31 Å². The molecule has 5 nitrogen and oxygen atoms in total. The first kappa shape index (κ1) is 23.4. The summed E-state index contributed by atoms with van der Waals surface area (Å²) in [4.78, 5) is 12.9. The van der Waals surface area contributed by atoms with Crippen LogP contribution in [0, 0.1) is 20.8 Å². The van der Waals surface area contributed by atoms with Crippen molar-refractivity contribution < 1.29 is 13.2 Å². The van der Waals surface area contributed by atoms with Gasteiger partial charge in [0.05, 0.1) is 4.90 Å². The van der Waals surface area contributed by atoms with Crippen molar-refractivity contribution in [1.29, 1.82) is 0 Å². The predicted octanol–water partition coefficient (Wildman–Crippen LogP) is 5.24. The molecule has 0 spiro atoms. The number of anilines is 1. The Morgan fingerprint density at radius 2 is 1.56 bits per heavy atom. The Kier molecular flexibility index (Phi) is 7.28. The lowest BCUT2D eigenvalue weighted by Gasteiger charge is -2.21. The second-order valence-corrected chi connectivity index (χ2v) is 9.81. The van der Waals surface area contributed by atoms with E-state index in [-0.39, 0.29) is 23.9 Å². The highest BCUT2D eigenvalue weighted by Gasteiger charge is 2.23. The van der Waals surface area contributed by atoms with Gasteiger partial charge in [-0.2, -0.15) is 4.31 Å². The van der Waals surface area contributed by atoms with Gasteiger partial charge < -0.3 is 5.32 Å². The number of hydrogen-bond acceptors (Lipinski definition) is 3. The minimum absolute atomic E-state index is 0.182. The van der Waals surface area contributed by atoms with Crippen LogP contribution < -0.4 is 5.32 Å². The van der Waals surface area contributed by atoms with E-state index in [9.17, 15) is 13.2 Å². The number of hydrogen-bond donors (Lipinski definition) is 1. The monoisotopic (exact) mass is 448 g/mol. The lowest BCUT2D eigenvalue weighted by molar-refractivity contribution is 0.102. The largest absolute Gasteiger partial charge is 0.322 e. The van der Waals surface area contributed by atoms with Crippen LogP contribution in [0.3, 0.4) is 0 Å². The molecule has 0 bridgehead atoms. The third kappa shape index (κ3) is 5.52. The fourth-order valence-corrected chi connectivity index (χ4v) is 4.68. The molecule has 0 atom stereocenters. The first-order valence-electron chi connectivity index (χ1n) is 10.4. The van der Waals surface area contributed by atoms with Crippen LogP contribution in [0.2, 0.25) is 0 Å². The Balaban J connectivity index is 1.76. The Bertz CT molecular complexity index is 1210. The van der Waals surface area contributed by atoms with Gasteiger partial charge in [-0.05, 0) is 67.8 Å². The molecule has 0 saturated carbocycles. The summed E-state index contributed by atoms with van der Waals surface area (Å²) in [6, 6.07) is 19.7. The maximum absolute atomic E-state index is 13.1. The van der Waals surface area contributed by atoms with Gasteiger partial charge >= 0.3 is 0 Å². The average molecular weight is 449 g/mol. The van der Waals surface area contributed by atoms with E-state index >= 15 is 0 Å². The molecule has 3 aromatic carbocycles. The van der Waals surface area contributed by atoms with Crippen LogP contribution in [0.15, 0.2) is 84.3 Å². The van der Waals surface area contributed by atoms with Crippen LogP contribution in [-0.4, -0.2) is 25.2 Å². The smallest absolute Gasteiger partial charge is 0.255 e. The van der Waals surface area contributed by atoms with Crippen molar-refractivity contribution >= 4 is 21.6 Å². The van der Waals surface area contributed by atoms with Crippen LogP contribution in [0.1, 0.15) is 32.6 Å². The summed E-state index contributed by atoms with van der Waals surface area (Å²) in [5.41, 5.74) is 5.12. The normalized spacial score (nSPS) is 11.4. The summed E-state index contributed by atoms with van der Waals surface area (Å²) >= 11 is 0. The SMILES string of the molecule is C=CCN(Cc1ccc(C(=O)Nc2cc(C)ccc2C)cc1)S(=O)(=O)c1ccc(C)cc1. The number of benzene rings is 3. The third-order valence-corrected chi connectivity index (χ3v) is 7.03. The number of aryl methyl sites for hydroxylation is 3. The molecule has 0 aliphatic rings. The standard InChI is InChI=1S/C26H28N2O3S/c1-5-16-28(32(30,31)24-14-7-19(2)8-15-24)18-22-10-12-23(13-11-22)26(29)27-25-17-20(3)6-9-21(25)4/h5-15,17H,1,16,18H2,2-4H3,(H,27,29). The molecular weight excluding hydrogens is 420 g/mol. The lowest BCUT2D eigenvalue weighted by atomic mass is 10.1. The van der Waals surface area contributed by atoms with Gasteiger partial charge in [0.2, 0.25) is 10.0 Å². The van der Waals surface area contributed by atoms with Gasteiger partial charge in [0.25, 0.3) is 5.91 Å². The molecule has 0 aliphatic carbocycles. The van der Waals surface area contributed by atoms with Gasteiger partial charge in [-0.15, -0.1) is 6.58 Å². The van der Waals surface area contributed by atoms with Crippen LogP contribution in [0.4, 0.5) is 5.69 Å². The van der Waals surface area contributed by atoms with E-state index < -0.39 is 10.0 Å². The quantitative estimate of drug-likeness (QED) is 0.479. The zero-order valence-electron chi connectivity index (χ0n) is 18.6. The van der Waals surface area contributed by atoms with E-state index in [1.165, 1.54) is 4.31 Å². The molecule has 0 radical (unpaired) electrons. The molecular formula is C26H28N2O3S. The number of sulfonamides is 1.